The number of imidazole rings is 1. The van der Waals surface area contributed by atoms with Crippen molar-refractivity contribution in [2.24, 2.45) is 0 Å². The molecule has 2 amide bonds. The number of pyridine rings is 1. The molecule has 0 spiro atoms. The molecule has 8 heteroatoms. The van der Waals surface area contributed by atoms with E-state index in [0.29, 0.717) is 24.5 Å². The molecule has 0 aliphatic carbocycles. The predicted molar refractivity (Wildman–Crippen MR) is 124 cm³/mol. The molecule has 0 saturated heterocycles. The highest BCUT2D eigenvalue weighted by Gasteiger charge is 2.31. The van der Waals surface area contributed by atoms with Gasteiger partial charge in [0, 0.05) is 25.7 Å². The Hall–Kier alpha value is -4.20. The van der Waals surface area contributed by atoms with E-state index in [2.05, 4.69) is 15.3 Å². The van der Waals surface area contributed by atoms with Crippen molar-refractivity contribution in [2.45, 2.75) is 26.0 Å². The molecule has 0 fully saturated rings. The molecule has 4 aromatic rings. The number of hydrogen-bond acceptors (Lipinski definition) is 5. The van der Waals surface area contributed by atoms with Crippen LogP contribution < -0.4 is 15.0 Å². The third-order valence-corrected chi connectivity index (χ3v) is 5.64. The number of aromatic nitrogens is 3. The molecule has 0 bridgehead atoms. The molecular weight excluding hydrogens is 418 g/mol. The lowest BCUT2D eigenvalue weighted by Crippen LogP contribution is -2.45. The maximum Gasteiger partial charge on any atom is 0.267 e. The van der Waals surface area contributed by atoms with E-state index < -0.39 is 6.10 Å². The van der Waals surface area contributed by atoms with Gasteiger partial charge in [-0.15, -0.1) is 0 Å². The molecule has 8 nitrogen and oxygen atoms in total. The Labute approximate surface area is 190 Å². The molecule has 1 N–H and O–H groups in total. The molecule has 0 radical (unpaired) electrons. The van der Waals surface area contributed by atoms with Gasteiger partial charge in [-0.2, -0.15) is 0 Å². The van der Waals surface area contributed by atoms with E-state index in [0.717, 1.165) is 22.4 Å². The zero-order chi connectivity index (χ0) is 22.8. The van der Waals surface area contributed by atoms with Crippen LogP contribution in [-0.2, 0) is 16.1 Å². The van der Waals surface area contributed by atoms with Gasteiger partial charge in [0.2, 0.25) is 5.91 Å². The average molecular weight is 441 g/mol. The molecule has 1 aliphatic rings. The standard InChI is InChI=1S/C25H23N5O3/c1-17-25(32)29(21-8-4-5-9-22(21)33-17)13-12-24(31)27-15-18-10-11-23(26-14-18)30-16-28-19-6-2-3-7-20(19)30/h2-11,14,16-17H,12-13,15H2,1H3,(H,27,31). The van der Waals surface area contributed by atoms with E-state index in [1.165, 1.54) is 0 Å². The fraction of sp³-hybridized carbons (Fsp3) is 0.200. The van der Waals surface area contributed by atoms with Gasteiger partial charge in [0.05, 0.1) is 16.7 Å². The van der Waals surface area contributed by atoms with Crippen molar-refractivity contribution >= 4 is 28.5 Å². The van der Waals surface area contributed by atoms with Gasteiger partial charge >= 0.3 is 0 Å². The molecule has 0 saturated carbocycles. The molecule has 1 aliphatic heterocycles. The number of hydrogen-bond donors (Lipinski definition) is 1. The van der Waals surface area contributed by atoms with E-state index in [1.807, 2.05) is 65.2 Å². The summed E-state index contributed by atoms with van der Waals surface area (Å²) in [5.74, 6) is 1.14. The Kier molecular flexibility index (Phi) is 5.48. The van der Waals surface area contributed by atoms with Crippen LogP contribution in [0.15, 0.2) is 73.2 Å². The summed E-state index contributed by atoms with van der Waals surface area (Å²) in [4.78, 5) is 35.5. The van der Waals surface area contributed by atoms with Crippen LogP contribution in [0, 0.1) is 0 Å². The number of nitrogens with one attached hydrogen (secondary N) is 1. The van der Waals surface area contributed by atoms with Gasteiger partial charge in [-0.3, -0.25) is 14.2 Å². The zero-order valence-electron chi connectivity index (χ0n) is 18.1. The lowest BCUT2D eigenvalue weighted by molar-refractivity contribution is -0.125. The molecule has 33 heavy (non-hydrogen) atoms. The number of carbonyl (C=O) groups is 2. The first-order valence-corrected chi connectivity index (χ1v) is 10.8. The van der Waals surface area contributed by atoms with E-state index >= 15 is 0 Å². The highest BCUT2D eigenvalue weighted by Crippen LogP contribution is 2.33. The van der Waals surface area contributed by atoms with Crippen LogP contribution in [0.1, 0.15) is 18.9 Å². The number of rotatable bonds is 6. The van der Waals surface area contributed by atoms with Crippen molar-refractivity contribution in [3.05, 3.63) is 78.8 Å². The second-order valence-electron chi connectivity index (χ2n) is 7.87. The van der Waals surface area contributed by atoms with Crippen LogP contribution in [0.2, 0.25) is 0 Å². The smallest absolute Gasteiger partial charge is 0.267 e. The molecule has 3 heterocycles. The molecule has 166 valence electrons. The highest BCUT2D eigenvalue weighted by molar-refractivity contribution is 6.00. The van der Waals surface area contributed by atoms with Crippen LogP contribution in [0.25, 0.3) is 16.9 Å². The molecule has 5 rings (SSSR count). The Bertz CT molecular complexity index is 1320. The topological polar surface area (TPSA) is 89.3 Å². The Balaban J connectivity index is 1.18. The van der Waals surface area contributed by atoms with E-state index in [-0.39, 0.29) is 18.2 Å². The summed E-state index contributed by atoms with van der Waals surface area (Å²) in [6.07, 6.45) is 3.12. The Morgan fingerprint density at radius 2 is 1.88 bits per heavy atom. The second-order valence-corrected chi connectivity index (χ2v) is 7.87. The maximum absolute atomic E-state index is 12.5. The fourth-order valence-electron chi connectivity index (χ4n) is 3.90. The Morgan fingerprint density at radius 1 is 1.06 bits per heavy atom. The number of carbonyl (C=O) groups excluding carboxylic acids is 2. The Morgan fingerprint density at radius 3 is 2.73 bits per heavy atom. The first kappa shape index (κ1) is 20.7. The van der Waals surface area contributed by atoms with Crippen LogP contribution in [-0.4, -0.2) is 39.0 Å². The molecule has 1 atom stereocenters. The summed E-state index contributed by atoms with van der Waals surface area (Å²) in [6.45, 7) is 2.37. The normalized spacial score (nSPS) is 15.2. The third-order valence-electron chi connectivity index (χ3n) is 5.64. The zero-order valence-corrected chi connectivity index (χ0v) is 18.1. The minimum absolute atomic E-state index is 0.135. The lowest BCUT2D eigenvalue weighted by Gasteiger charge is -2.32. The number of ether oxygens (including phenoxy) is 1. The van der Waals surface area contributed by atoms with Gasteiger partial charge in [-0.05, 0) is 42.8 Å². The van der Waals surface area contributed by atoms with Crippen molar-refractivity contribution in [2.75, 3.05) is 11.4 Å². The van der Waals surface area contributed by atoms with Crippen LogP contribution in [0.5, 0.6) is 5.75 Å². The second kappa shape index (κ2) is 8.74. The van der Waals surface area contributed by atoms with Gasteiger partial charge in [-0.1, -0.05) is 30.3 Å². The van der Waals surface area contributed by atoms with E-state index in [1.54, 1.807) is 24.3 Å². The van der Waals surface area contributed by atoms with Crippen molar-refractivity contribution in [3.8, 4) is 11.6 Å². The van der Waals surface area contributed by atoms with Crippen LogP contribution in [0.3, 0.4) is 0 Å². The summed E-state index contributed by atoms with van der Waals surface area (Å²) in [5, 5.41) is 2.91. The first-order chi connectivity index (χ1) is 16.1. The summed E-state index contributed by atoms with van der Waals surface area (Å²) < 4.78 is 7.57. The van der Waals surface area contributed by atoms with Gasteiger partial charge in [0.1, 0.15) is 17.9 Å². The van der Waals surface area contributed by atoms with Gasteiger partial charge < -0.3 is 15.0 Å². The van der Waals surface area contributed by atoms with Gasteiger partial charge in [-0.25, -0.2) is 9.97 Å². The lowest BCUT2D eigenvalue weighted by atomic mass is 10.1. The van der Waals surface area contributed by atoms with Crippen molar-refractivity contribution in [3.63, 3.8) is 0 Å². The van der Waals surface area contributed by atoms with Crippen molar-refractivity contribution < 1.29 is 14.3 Å². The van der Waals surface area contributed by atoms with Gasteiger partial charge in [0.25, 0.3) is 5.91 Å². The summed E-state index contributed by atoms with van der Waals surface area (Å²) in [5.41, 5.74) is 3.48. The van der Waals surface area contributed by atoms with Crippen molar-refractivity contribution in [1.29, 1.82) is 0 Å². The SMILES string of the molecule is CC1Oc2ccccc2N(CCC(=O)NCc2ccc(-n3cnc4ccccc43)nc2)C1=O. The molecular formula is C25H23N5O3. The minimum Gasteiger partial charge on any atom is -0.479 e. The largest absolute Gasteiger partial charge is 0.479 e. The van der Waals surface area contributed by atoms with Crippen LogP contribution >= 0.6 is 0 Å². The number of para-hydroxylation sites is 4. The minimum atomic E-state index is -0.569. The first-order valence-electron chi connectivity index (χ1n) is 10.8. The number of fused-ring (bicyclic) bond motifs is 2. The van der Waals surface area contributed by atoms with E-state index in [9.17, 15) is 9.59 Å². The molecule has 2 aromatic heterocycles. The van der Waals surface area contributed by atoms with Gasteiger partial charge in [0.15, 0.2) is 6.10 Å². The summed E-state index contributed by atoms with van der Waals surface area (Å²) in [7, 11) is 0. The summed E-state index contributed by atoms with van der Waals surface area (Å²) >= 11 is 0. The van der Waals surface area contributed by atoms with Crippen molar-refractivity contribution in [1.82, 2.24) is 19.9 Å². The third kappa shape index (κ3) is 4.15. The molecule has 1 unspecified atom stereocenters. The molecule has 2 aromatic carbocycles. The van der Waals surface area contributed by atoms with E-state index in [4.69, 9.17) is 4.74 Å². The number of anilines is 1. The number of benzene rings is 2. The summed E-state index contributed by atoms with van der Waals surface area (Å²) in [6, 6.07) is 19.1. The quantitative estimate of drug-likeness (QED) is 0.496. The monoisotopic (exact) mass is 441 g/mol. The maximum atomic E-state index is 12.5. The number of amides is 2. The highest BCUT2D eigenvalue weighted by atomic mass is 16.5. The van der Waals surface area contributed by atoms with Crippen LogP contribution in [0.4, 0.5) is 5.69 Å². The fourth-order valence-corrected chi connectivity index (χ4v) is 3.90. The predicted octanol–water partition coefficient (Wildman–Crippen LogP) is 3.24. The average Bonchev–Trinajstić information content (AvgIpc) is 3.27. The number of nitrogens with zero attached hydrogens (tertiary/aromatic N) is 4.